The molecule has 0 radical (unpaired) electrons. The third-order valence-electron chi connectivity index (χ3n) is 4.53. The van der Waals surface area contributed by atoms with Gasteiger partial charge < -0.3 is 20.4 Å². The number of para-hydroxylation sites is 1. The highest BCUT2D eigenvalue weighted by Gasteiger charge is 2.27. The van der Waals surface area contributed by atoms with Gasteiger partial charge in [-0.05, 0) is 31.0 Å². The van der Waals surface area contributed by atoms with E-state index in [4.69, 9.17) is 4.74 Å². The van der Waals surface area contributed by atoms with Crippen molar-refractivity contribution in [2.24, 2.45) is 0 Å². The summed E-state index contributed by atoms with van der Waals surface area (Å²) in [5, 5.41) is 7.10. The molecule has 3 rings (SSSR count). The number of rotatable bonds is 5. The topological polar surface area (TPSA) is 83.2 Å². The highest BCUT2D eigenvalue weighted by molar-refractivity contribution is 5.89. The number of H-pyrrole nitrogens is 1. The molecule has 1 fully saturated rings. The zero-order valence-electron chi connectivity index (χ0n) is 13.8. The first-order chi connectivity index (χ1) is 11.7. The molecule has 1 saturated heterocycles. The molecule has 2 aromatic rings. The number of benzene rings is 1. The van der Waals surface area contributed by atoms with Crippen LogP contribution < -0.4 is 10.6 Å². The predicted octanol–water partition coefficient (Wildman–Crippen LogP) is 1.51. The van der Waals surface area contributed by atoms with Crippen LogP contribution in [0.25, 0.3) is 10.9 Å². The van der Waals surface area contributed by atoms with Crippen molar-refractivity contribution in [1.29, 1.82) is 0 Å². The SMILES string of the molecule is COC(=O)[C@H](Cc1c[nH]c2ccccc12)NC(=O)[C@@H]1CCCCN1. The fraction of sp³-hybridized carbons (Fsp3) is 0.444. The summed E-state index contributed by atoms with van der Waals surface area (Å²) in [6.07, 6.45) is 5.18. The number of carbonyl (C=O) groups excluding carboxylic acids is 2. The number of piperidine rings is 1. The molecule has 6 nitrogen and oxygen atoms in total. The van der Waals surface area contributed by atoms with E-state index >= 15 is 0 Å². The number of hydrogen-bond acceptors (Lipinski definition) is 4. The van der Waals surface area contributed by atoms with E-state index in [0.29, 0.717) is 6.42 Å². The average molecular weight is 329 g/mol. The first-order valence-corrected chi connectivity index (χ1v) is 8.35. The number of hydrogen-bond donors (Lipinski definition) is 3. The van der Waals surface area contributed by atoms with E-state index in [1.54, 1.807) is 0 Å². The second-order valence-corrected chi connectivity index (χ2v) is 6.15. The van der Waals surface area contributed by atoms with Crippen molar-refractivity contribution >= 4 is 22.8 Å². The molecule has 6 heteroatoms. The summed E-state index contributed by atoms with van der Waals surface area (Å²) in [5.74, 6) is -0.561. The number of aromatic nitrogens is 1. The Hall–Kier alpha value is -2.34. The molecule has 1 aromatic carbocycles. The number of aromatic amines is 1. The van der Waals surface area contributed by atoms with Crippen molar-refractivity contribution in [3.05, 3.63) is 36.0 Å². The lowest BCUT2D eigenvalue weighted by atomic mass is 10.0. The van der Waals surface area contributed by atoms with Crippen molar-refractivity contribution in [3.8, 4) is 0 Å². The van der Waals surface area contributed by atoms with Crippen molar-refractivity contribution in [2.45, 2.75) is 37.8 Å². The van der Waals surface area contributed by atoms with Gasteiger partial charge >= 0.3 is 5.97 Å². The van der Waals surface area contributed by atoms with E-state index < -0.39 is 12.0 Å². The molecule has 0 spiro atoms. The van der Waals surface area contributed by atoms with Crippen LogP contribution in [-0.4, -0.2) is 42.6 Å². The molecule has 128 valence electrons. The Morgan fingerprint density at radius 3 is 2.92 bits per heavy atom. The maximum atomic E-state index is 12.4. The molecule has 2 atom stereocenters. The molecule has 1 aromatic heterocycles. The normalized spacial score (nSPS) is 19.0. The average Bonchev–Trinajstić information content (AvgIpc) is 3.04. The van der Waals surface area contributed by atoms with E-state index in [1.165, 1.54) is 7.11 Å². The maximum absolute atomic E-state index is 12.4. The van der Waals surface area contributed by atoms with Gasteiger partial charge in [0.25, 0.3) is 0 Å². The van der Waals surface area contributed by atoms with Gasteiger partial charge in [-0.1, -0.05) is 24.6 Å². The highest BCUT2D eigenvalue weighted by atomic mass is 16.5. The van der Waals surface area contributed by atoms with E-state index in [0.717, 1.165) is 42.3 Å². The van der Waals surface area contributed by atoms with Crippen LogP contribution in [0.5, 0.6) is 0 Å². The Balaban J connectivity index is 1.74. The first-order valence-electron chi connectivity index (χ1n) is 8.35. The number of nitrogens with one attached hydrogen (secondary N) is 3. The van der Waals surface area contributed by atoms with Crippen LogP contribution in [0.1, 0.15) is 24.8 Å². The Morgan fingerprint density at radius 1 is 1.33 bits per heavy atom. The summed E-state index contributed by atoms with van der Waals surface area (Å²) >= 11 is 0. The van der Waals surface area contributed by atoms with Gasteiger partial charge in [0.1, 0.15) is 6.04 Å². The lowest BCUT2D eigenvalue weighted by molar-refractivity contribution is -0.145. The smallest absolute Gasteiger partial charge is 0.328 e. The summed E-state index contributed by atoms with van der Waals surface area (Å²) in [7, 11) is 1.34. The number of methoxy groups -OCH3 is 1. The Morgan fingerprint density at radius 2 is 2.17 bits per heavy atom. The molecule has 0 aliphatic carbocycles. The van der Waals surface area contributed by atoms with Gasteiger partial charge in [-0.15, -0.1) is 0 Å². The molecule has 0 saturated carbocycles. The molecule has 1 aliphatic heterocycles. The van der Waals surface area contributed by atoms with Crippen LogP contribution in [0, 0.1) is 0 Å². The van der Waals surface area contributed by atoms with Gasteiger partial charge in [-0.25, -0.2) is 4.79 Å². The molecule has 1 amide bonds. The minimum absolute atomic E-state index is 0.134. The number of fused-ring (bicyclic) bond motifs is 1. The van der Waals surface area contributed by atoms with Crippen molar-refractivity contribution in [2.75, 3.05) is 13.7 Å². The zero-order chi connectivity index (χ0) is 16.9. The van der Waals surface area contributed by atoms with Gasteiger partial charge in [0.05, 0.1) is 13.2 Å². The zero-order valence-corrected chi connectivity index (χ0v) is 13.8. The molecule has 1 aliphatic rings. The number of ether oxygens (including phenoxy) is 1. The number of esters is 1. The summed E-state index contributed by atoms with van der Waals surface area (Å²) in [5.41, 5.74) is 1.99. The lowest BCUT2D eigenvalue weighted by Gasteiger charge is -2.25. The Bertz CT molecular complexity index is 719. The van der Waals surface area contributed by atoms with Crippen LogP contribution in [-0.2, 0) is 20.7 Å². The van der Waals surface area contributed by atoms with Crippen LogP contribution in [0.15, 0.2) is 30.5 Å². The highest BCUT2D eigenvalue weighted by Crippen LogP contribution is 2.19. The van der Waals surface area contributed by atoms with Crippen LogP contribution in [0.2, 0.25) is 0 Å². The lowest BCUT2D eigenvalue weighted by Crippen LogP contribution is -2.52. The first kappa shape index (κ1) is 16.5. The molecule has 24 heavy (non-hydrogen) atoms. The van der Waals surface area contributed by atoms with Gasteiger partial charge in [-0.3, -0.25) is 4.79 Å². The molecule has 0 unspecified atom stereocenters. The Kier molecular flexibility index (Phi) is 5.15. The van der Waals surface area contributed by atoms with E-state index in [-0.39, 0.29) is 11.9 Å². The minimum Gasteiger partial charge on any atom is -0.467 e. The third-order valence-corrected chi connectivity index (χ3v) is 4.53. The van der Waals surface area contributed by atoms with Gasteiger partial charge in [0.15, 0.2) is 0 Å². The predicted molar refractivity (Wildman–Crippen MR) is 91.6 cm³/mol. The molecular weight excluding hydrogens is 306 g/mol. The van der Waals surface area contributed by atoms with Crippen molar-refractivity contribution < 1.29 is 14.3 Å². The van der Waals surface area contributed by atoms with Gasteiger partial charge in [-0.2, -0.15) is 0 Å². The quantitative estimate of drug-likeness (QED) is 0.726. The number of amides is 1. The standard InChI is InChI=1S/C18H23N3O3/c1-24-18(23)16(21-17(22)15-8-4-5-9-19-15)10-12-11-20-14-7-3-2-6-13(12)14/h2-3,6-7,11,15-16,19-20H,4-5,8-10H2,1H3,(H,21,22)/t15-,16-/m0/s1. The van der Waals surface area contributed by atoms with Crippen LogP contribution in [0.4, 0.5) is 0 Å². The molecule has 2 heterocycles. The second-order valence-electron chi connectivity index (χ2n) is 6.15. The van der Waals surface area contributed by atoms with Gasteiger partial charge in [0, 0.05) is 23.5 Å². The van der Waals surface area contributed by atoms with Gasteiger partial charge in [0.2, 0.25) is 5.91 Å². The number of carbonyl (C=O) groups is 2. The van der Waals surface area contributed by atoms with E-state index in [1.807, 2.05) is 30.5 Å². The third kappa shape index (κ3) is 3.59. The fourth-order valence-electron chi connectivity index (χ4n) is 3.20. The fourth-order valence-corrected chi connectivity index (χ4v) is 3.20. The van der Waals surface area contributed by atoms with Crippen molar-refractivity contribution in [1.82, 2.24) is 15.6 Å². The maximum Gasteiger partial charge on any atom is 0.328 e. The molecule has 0 bridgehead atoms. The van der Waals surface area contributed by atoms with E-state index in [2.05, 4.69) is 15.6 Å². The van der Waals surface area contributed by atoms with Crippen LogP contribution >= 0.6 is 0 Å². The minimum atomic E-state index is -0.689. The Labute approximate surface area is 141 Å². The monoisotopic (exact) mass is 329 g/mol. The second kappa shape index (κ2) is 7.49. The van der Waals surface area contributed by atoms with Crippen molar-refractivity contribution in [3.63, 3.8) is 0 Å². The largest absolute Gasteiger partial charge is 0.467 e. The molecular formula is C18H23N3O3. The summed E-state index contributed by atoms with van der Waals surface area (Å²) in [4.78, 5) is 27.7. The summed E-state index contributed by atoms with van der Waals surface area (Å²) in [6.45, 7) is 0.837. The summed E-state index contributed by atoms with van der Waals surface area (Å²) < 4.78 is 4.88. The van der Waals surface area contributed by atoms with Crippen LogP contribution in [0.3, 0.4) is 0 Å². The van der Waals surface area contributed by atoms with E-state index in [9.17, 15) is 9.59 Å². The molecule has 3 N–H and O–H groups in total. The summed E-state index contributed by atoms with van der Waals surface area (Å²) in [6, 6.07) is 6.98.